The Morgan fingerprint density at radius 3 is 1.45 bits per heavy atom. The third kappa shape index (κ3) is 24.0. The number of likely N-dealkylation sites (tertiary alicyclic amines) is 1. The summed E-state index contributed by atoms with van der Waals surface area (Å²) in [4.78, 5) is 195. The summed E-state index contributed by atoms with van der Waals surface area (Å²) in [7, 11) is 8.92. The summed E-state index contributed by atoms with van der Waals surface area (Å²) in [5.74, 6) is -8.27. The van der Waals surface area contributed by atoms with Crippen molar-refractivity contribution in [3.8, 4) is 0 Å². The number of aliphatic hydroxyl groups excluding tert-OH is 1. The van der Waals surface area contributed by atoms with Crippen LogP contribution >= 0.6 is 0 Å². The summed E-state index contributed by atoms with van der Waals surface area (Å²) in [6, 6.07) is -12.9. The molecule has 3 aliphatic carbocycles. The van der Waals surface area contributed by atoms with Gasteiger partial charge in [-0.3, -0.25) is 57.5 Å². The highest BCUT2D eigenvalue weighted by molar-refractivity contribution is 6.01. The molecule has 26 heteroatoms. The molecule has 0 aromatic rings. The minimum atomic E-state index is -1.66. The Bertz CT molecular complexity index is 2990. The topological polar surface area (TPSA) is 308 Å². The Hall–Kier alpha value is -6.44. The highest BCUT2D eigenvalue weighted by Crippen LogP contribution is 2.36. The molecular weight excluding hydrogens is 1350 g/mol. The minimum Gasteiger partial charge on any atom is -0.391 e. The van der Waals surface area contributed by atoms with Gasteiger partial charge in [0.2, 0.25) is 70.9 Å². The Morgan fingerprint density at radius 2 is 0.943 bits per heavy atom. The molecule has 3 saturated carbocycles. The minimum absolute atomic E-state index is 0.00496. The second-order valence-corrected chi connectivity index (χ2v) is 34.9. The zero-order valence-electron chi connectivity index (χ0n) is 68.1. The van der Waals surface area contributed by atoms with E-state index in [1.165, 1.54) is 83.5 Å². The summed E-state index contributed by atoms with van der Waals surface area (Å²) in [6.45, 7) is 21.9. The molecule has 0 spiro atoms. The smallest absolute Gasteiger partial charge is 0.248 e. The van der Waals surface area contributed by atoms with Crippen molar-refractivity contribution in [1.82, 2.24) is 60.5 Å². The molecule has 106 heavy (non-hydrogen) atoms. The maximum absolute atomic E-state index is 15.8. The summed E-state index contributed by atoms with van der Waals surface area (Å²) in [6.07, 6.45) is 14.8. The average Bonchev–Trinajstić information content (AvgIpc) is 0.850. The Kier molecular flexibility index (Phi) is 33.6. The third-order valence-electron chi connectivity index (χ3n) is 23.8. The van der Waals surface area contributed by atoms with Gasteiger partial charge in [-0.1, -0.05) is 138 Å². The predicted octanol–water partition coefficient (Wildman–Crippen LogP) is 6.95. The molecule has 602 valence electrons. The van der Waals surface area contributed by atoms with E-state index < -0.39 is 155 Å². The quantitative estimate of drug-likeness (QED) is 0.104. The molecule has 3 heterocycles. The van der Waals surface area contributed by atoms with Crippen molar-refractivity contribution in [3.63, 3.8) is 0 Å². The van der Waals surface area contributed by atoms with Crippen LogP contribution in [0.1, 0.15) is 256 Å². The molecule has 3 saturated heterocycles. The van der Waals surface area contributed by atoms with Crippen LogP contribution in [-0.4, -0.2) is 261 Å². The van der Waals surface area contributed by atoms with E-state index in [1.807, 2.05) is 62.3 Å². The Morgan fingerprint density at radius 1 is 0.491 bits per heavy atom. The molecule has 6 rings (SSSR count). The number of nitrogens with zero attached hydrogens (tertiary/aromatic N) is 8. The third-order valence-corrected chi connectivity index (χ3v) is 23.8. The van der Waals surface area contributed by atoms with Gasteiger partial charge in [-0.15, -0.1) is 0 Å². The number of carbonyl (C=O) groups excluding carboxylic acids is 12. The highest BCUT2D eigenvalue weighted by atomic mass is 16.5. The van der Waals surface area contributed by atoms with Crippen molar-refractivity contribution in [2.24, 2.45) is 35.5 Å². The van der Waals surface area contributed by atoms with Gasteiger partial charge in [0.15, 0.2) is 0 Å². The summed E-state index contributed by atoms with van der Waals surface area (Å²) in [5, 5.41) is 23.5. The lowest BCUT2D eigenvalue weighted by Crippen LogP contribution is -2.65. The summed E-state index contributed by atoms with van der Waals surface area (Å²) < 4.78 is 6.36. The first-order chi connectivity index (χ1) is 49.8. The van der Waals surface area contributed by atoms with Gasteiger partial charge in [-0.2, -0.15) is 0 Å². The van der Waals surface area contributed by atoms with Crippen molar-refractivity contribution in [2.75, 3.05) is 68.5 Å². The molecule has 3 aliphatic heterocycles. The van der Waals surface area contributed by atoms with Crippen molar-refractivity contribution >= 4 is 70.9 Å². The summed E-state index contributed by atoms with van der Waals surface area (Å²) >= 11 is 0. The van der Waals surface area contributed by atoms with Gasteiger partial charge in [0.1, 0.15) is 66.0 Å². The lowest BCUT2D eigenvalue weighted by molar-refractivity contribution is -0.157. The number of carbonyl (C=O) groups is 12. The van der Waals surface area contributed by atoms with E-state index in [4.69, 9.17) is 4.74 Å². The number of aliphatic hydroxyl groups is 1. The molecule has 0 bridgehead atoms. The lowest BCUT2D eigenvalue weighted by atomic mass is 9.78. The molecule has 5 N–H and O–H groups in total. The predicted molar refractivity (Wildman–Crippen MR) is 406 cm³/mol. The van der Waals surface area contributed by atoms with Crippen LogP contribution in [0.15, 0.2) is 0 Å². The van der Waals surface area contributed by atoms with E-state index in [2.05, 4.69) is 21.3 Å². The number of ether oxygens (including phenoxy) is 1. The Labute approximate surface area is 634 Å². The van der Waals surface area contributed by atoms with E-state index in [0.29, 0.717) is 32.4 Å². The SMILES string of the molecule is CC(C)C[C@@H]1NC(=O)[C@H](CC2CCCCC2)N(C)C(=O)[C@H](COC(C)(C)C)NC(=O)[C@](C)(CC2CCCCC2)N(C)C(=O)[C@H](C)N(C)C(=O)[C@H](CC(C)C)N(C)C(=O)[C@@H]2CCCN2C(=O)C[C@@H](C(=O)N2CCCCC2)NC(=O)[C@H](CC2CCCCC2)N(C)C(=O)[C@H]([C@@H](C)O)NC(=O)[C@H](CC(C)C)N(C)C1=O. The molecular formula is C80H138N12O14. The molecule has 0 aromatic carbocycles. The monoisotopic (exact) mass is 1490 g/mol. The van der Waals surface area contributed by atoms with Crippen LogP contribution in [-0.2, 0) is 62.3 Å². The molecule has 12 atom stereocenters. The first-order valence-corrected chi connectivity index (χ1v) is 40.5. The fourth-order valence-electron chi connectivity index (χ4n) is 17.0. The molecule has 0 aromatic heterocycles. The number of amides is 12. The van der Waals surface area contributed by atoms with Crippen molar-refractivity contribution < 1.29 is 67.4 Å². The largest absolute Gasteiger partial charge is 0.391 e. The second kappa shape index (κ2) is 40.3. The van der Waals surface area contributed by atoms with Gasteiger partial charge in [0.25, 0.3) is 0 Å². The molecule has 0 radical (unpaired) electrons. The molecule has 12 amide bonds. The number of rotatable bonds is 16. The maximum Gasteiger partial charge on any atom is 0.248 e. The van der Waals surface area contributed by atoms with Crippen LogP contribution in [0.4, 0.5) is 0 Å². The first-order valence-electron chi connectivity index (χ1n) is 40.5. The van der Waals surface area contributed by atoms with Crippen LogP contribution in [0.3, 0.4) is 0 Å². The van der Waals surface area contributed by atoms with Crippen LogP contribution in [0, 0.1) is 35.5 Å². The maximum atomic E-state index is 15.8. The molecule has 0 unspecified atom stereocenters. The van der Waals surface area contributed by atoms with E-state index in [-0.39, 0.29) is 93.6 Å². The summed E-state index contributed by atoms with van der Waals surface area (Å²) in [5.41, 5.74) is -2.47. The number of hydrogen-bond acceptors (Lipinski definition) is 14. The van der Waals surface area contributed by atoms with E-state index in [9.17, 15) is 9.90 Å². The fraction of sp³-hybridized carbons (Fsp3) is 0.850. The normalized spacial score (nSPS) is 29.6. The standard InChI is InChI=1S/C80H138N12O14/c1-50(2)42-58-72(99)86(14)62(43-51(3)4)70(97)84-67(54(8)93)77(104)88(16)64(46-56-34-25-20-26-35-56)69(96)82-59(74(101)91-39-29-22-30-40-91)47-66(94)92-41-31-38-61(92)75(102)89(17)65(44-52(5)6)76(103)85(13)53(7)71(98)90(18)80(12,48-57-36-27-21-28-37-57)78(105)83-60(49-106-79(9,10)11)73(100)87(15)63(68(95)81-58)45-55-32-23-19-24-33-55/h50-65,67,93H,19-49H2,1-18H3,(H,81,95)(H,82,96)(H,83,105)(H,84,97)/t53-,54+,58-,59-,60-,61-,62-,63-,64-,65-,67-,80-/m0/s1. The molecule has 6 aliphatic rings. The van der Waals surface area contributed by atoms with Gasteiger partial charge >= 0.3 is 0 Å². The van der Waals surface area contributed by atoms with Crippen molar-refractivity contribution in [3.05, 3.63) is 0 Å². The van der Waals surface area contributed by atoms with E-state index in [0.717, 1.165) is 103 Å². The first kappa shape index (κ1) is 88.5. The number of likely N-dealkylation sites (N-methyl/N-ethyl adjacent to an activating group) is 6. The van der Waals surface area contributed by atoms with Gasteiger partial charge in [-0.25, -0.2) is 0 Å². The van der Waals surface area contributed by atoms with Gasteiger partial charge in [0, 0.05) is 61.9 Å². The molecule has 26 nitrogen and oxygen atoms in total. The Balaban J connectivity index is 1.51. The zero-order valence-corrected chi connectivity index (χ0v) is 68.1. The number of hydrogen-bond donors (Lipinski definition) is 5. The van der Waals surface area contributed by atoms with Gasteiger partial charge < -0.3 is 70.3 Å². The van der Waals surface area contributed by atoms with Crippen LogP contribution in [0.25, 0.3) is 0 Å². The average molecular weight is 1490 g/mol. The van der Waals surface area contributed by atoms with Crippen LogP contribution < -0.4 is 21.3 Å². The van der Waals surface area contributed by atoms with E-state index >= 15 is 52.7 Å². The number of fused-ring (bicyclic) bond motifs is 1. The second-order valence-electron chi connectivity index (χ2n) is 34.9. The van der Waals surface area contributed by atoms with Crippen molar-refractivity contribution in [2.45, 2.75) is 334 Å². The molecule has 6 fully saturated rings. The van der Waals surface area contributed by atoms with E-state index in [1.54, 1.807) is 18.7 Å². The van der Waals surface area contributed by atoms with Crippen LogP contribution in [0.2, 0.25) is 0 Å². The van der Waals surface area contributed by atoms with Crippen LogP contribution in [0.5, 0.6) is 0 Å². The fourth-order valence-corrected chi connectivity index (χ4v) is 17.0. The van der Waals surface area contributed by atoms with Gasteiger partial charge in [-0.05, 0) is 148 Å². The van der Waals surface area contributed by atoms with Gasteiger partial charge in [0.05, 0.1) is 24.7 Å². The zero-order chi connectivity index (χ0) is 78.8. The number of piperidine rings is 1. The van der Waals surface area contributed by atoms with Crippen molar-refractivity contribution in [1.29, 1.82) is 0 Å². The number of nitrogens with one attached hydrogen (secondary N) is 4. The lowest BCUT2D eigenvalue weighted by Gasteiger charge is -2.44. The highest BCUT2D eigenvalue weighted by Gasteiger charge is 2.49.